The van der Waals surface area contributed by atoms with E-state index in [-0.39, 0.29) is 11.7 Å². The van der Waals surface area contributed by atoms with Crippen LogP contribution in [0.5, 0.6) is 11.5 Å². The molecule has 1 amide bonds. The lowest BCUT2D eigenvalue weighted by atomic mass is 9.98. The minimum Gasteiger partial charge on any atom is -0.492 e. The van der Waals surface area contributed by atoms with Crippen LogP contribution < -0.4 is 9.47 Å². The largest absolute Gasteiger partial charge is 0.492 e. The number of carbonyl (C=O) groups excluding carboxylic acids is 1. The number of hydrogen-bond donors (Lipinski definition) is 0. The van der Waals surface area contributed by atoms with E-state index in [9.17, 15) is 9.18 Å². The lowest BCUT2D eigenvalue weighted by Crippen LogP contribution is -2.36. The van der Waals surface area contributed by atoms with E-state index in [0.29, 0.717) is 49.5 Å². The Kier molecular flexibility index (Phi) is 6.93. The van der Waals surface area contributed by atoms with Gasteiger partial charge < -0.3 is 14.4 Å². The lowest BCUT2D eigenvalue weighted by molar-refractivity contribution is -0.132. The summed E-state index contributed by atoms with van der Waals surface area (Å²) in [6.07, 6.45) is 3.79. The van der Waals surface area contributed by atoms with Crippen molar-refractivity contribution >= 4 is 37.8 Å². The standard InChI is InChI=1S/C20H21Br2FN2O3/c1-27-19-17(21)14-7-9-25(11-15(14)18(22)20(19)28-2)16(26)5-3-4-13-10-12(23)6-8-24-13/h6,8,10H,3-5,7,9,11H2,1-2H3. The predicted octanol–water partition coefficient (Wildman–Crippen LogP) is 4.67. The van der Waals surface area contributed by atoms with Gasteiger partial charge in [-0.05, 0) is 74.4 Å². The van der Waals surface area contributed by atoms with Gasteiger partial charge in [-0.3, -0.25) is 9.78 Å². The van der Waals surface area contributed by atoms with Crippen LogP contribution in [0.1, 0.15) is 29.7 Å². The molecule has 0 bridgehead atoms. The molecule has 0 atom stereocenters. The number of pyridine rings is 1. The zero-order valence-corrected chi connectivity index (χ0v) is 18.9. The van der Waals surface area contributed by atoms with Gasteiger partial charge in [0.2, 0.25) is 5.91 Å². The second-order valence-electron chi connectivity index (χ2n) is 6.54. The molecule has 2 aromatic rings. The van der Waals surface area contributed by atoms with Crippen LogP contribution in [0.25, 0.3) is 0 Å². The van der Waals surface area contributed by atoms with Crippen LogP contribution in [0.4, 0.5) is 4.39 Å². The number of aryl methyl sites for hydroxylation is 1. The lowest BCUT2D eigenvalue weighted by Gasteiger charge is -2.31. The van der Waals surface area contributed by atoms with Crippen molar-refractivity contribution in [2.24, 2.45) is 0 Å². The number of benzene rings is 1. The summed E-state index contributed by atoms with van der Waals surface area (Å²) in [6, 6.07) is 2.73. The smallest absolute Gasteiger partial charge is 0.222 e. The maximum Gasteiger partial charge on any atom is 0.222 e. The molecule has 1 aliphatic heterocycles. The van der Waals surface area contributed by atoms with Crippen molar-refractivity contribution in [3.05, 3.63) is 49.9 Å². The Hall–Kier alpha value is -1.67. The van der Waals surface area contributed by atoms with Gasteiger partial charge in [-0.15, -0.1) is 0 Å². The molecule has 3 rings (SSSR count). The molecular formula is C20H21Br2FN2O3. The summed E-state index contributed by atoms with van der Waals surface area (Å²) in [5, 5.41) is 0. The molecule has 0 fully saturated rings. The van der Waals surface area contributed by atoms with Crippen LogP contribution in [0.3, 0.4) is 0 Å². The summed E-state index contributed by atoms with van der Waals surface area (Å²) in [5.41, 5.74) is 2.81. The number of hydrogen-bond acceptors (Lipinski definition) is 4. The highest BCUT2D eigenvalue weighted by Crippen LogP contribution is 2.47. The van der Waals surface area contributed by atoms with Gasteiger partial charge in [-0.25, -0.2) is 4.39 Å². The maximum absolute atomic E-state index is 13.2. The number of halogens is 3. The van der Waals surface area contributed by atoms with Gasteiger partial charge in [-0.2, -0.15) is 0 Å². The molecule has 2 heterocycles. The average Bonchev–Trinajstić information content (AvgIpc) is 2.70. The van der Waals surface area contributed by atoms with E-state index < -0.39 is 0 Å². The van der Waals surface area contributed by atoms with Gasteiger partial charge in [0, 0.05) is 31.4 Å². The topological polar surface area (TPSA) is 51.7 Å². The SMILES string of the molecule is COc1c(Br)c2c(c(Br)c1OC)CN(C(=O)CCCc1cc(F)ccn1)CC2. The maximum atomic E-state index is 13.2. The average molecular weight is 516 g/mol. The fourth-order valence-electron chi connectivity index (χ4n) is 3.42. The third kappa shape index (κ3) is 4.33. The molecule has 28 heavy (non-hydrogen) atoms. The van der Waals surface area contributed by atoms with Gasteiger partial charge in [-0.1, -0.05) is 0 Å². The van der Waals surface area contributed by atoms with E-state index in [1.165, 1.54) is 18.3 Å². The first kappa shape index (κ1) is 21.0. The molecule has 8 heteroatoms. The van der Waals surface area contributed by atoms with Gasteiger partial charge in [0.25, 0.3) is 0 Å². The third-order valence-electron chi connectivity index (χ3n) is 4.84. The van der Waals surface area contributed by atoms with E-state index in [1.54, 1.807) is 14.2 Å². The Labute approximate surface area is 180 Å². The number of amides is 1. The quantitative estimate of drug-likeness (QED) is 0.561. The number of fused-ring (bicyclic) bond motifs is 1. The third-order valence-corrected chi connectivity index (χ3v) is 6.52. The van der Waals surface area contributed by atoms with Crippen LogP contribution in [-0.2, 0) is 24.2 Å². The molecule has 0 saturated heterocycles. The molecule has 150 valence electrons. The molecule has 1 aromatic heterocycles. The molecular weight excluding hydrogens is 495 g/mol. The normalized spacial score (nSPS) is 13.2. The molecule has 0 N–H and O–H groups in total. The fourth-order valence-corrected chi connectivity index (χ4v) is 4.91. The van der Waals surface area contributed by atoms with Crippen molar-refractivity contribution in [2.75, 3.05) is 20.8 Å². The first-order chi connectivity index (χ1) is 13.5. The molecule has 5 nitrogen and oxygen atoms in total. The fraction of sp³-hybridized carbons (Fsp3) is 0.400. The van der Waals surface area contributed by atoms with Crippen LogP contribution in [-0.4, -0.2) is 36.6 Å². The zero-order chi connectivity index (χ0) is 20.3. The second-order valence-corrected chi connectivity index (χ2v) is 8.12. The minimum atomic E-state index is -0.302. The van der Waals surface area contributed by atoms with Crippen molar-refractivity contribution in [3.8, 4) is 11.5 Å². The molecule has 0 unspecified atom stereocenters. The predicted molar refractivity (Wildman–Crippen MR) is 111 cm³/mol. The van der Waals surface area contributed by atoms with E-state index in [1.807, 2.05) is 4.90 Å². The van der Waals surface area contributed by atoms with E-state index in [2.05, 4.69) is 36.8 Å². The van der Waals surface area contributed by atoms with Crippen molar-refractivity contribution < 1.29 is 18.7 Å². The Balaban J connectivity index is 1.69. The first-order valence-corrected chi connectivity index (χ1v) is 10.5. The van der Waals surface area contributed by atoms with Gasteiger partial charge >= 0.3 is 0 Å². The van der Waals surface area contributed by atoms with Crippen LogP contribution in [0, 0.1) is 5.82 Å². The number of methoxy groups -OCH3 is 2. The summed E-state index contributed by atoms with van der Waals surface area (Å²) in [6.45, 7) is 1.15. The van der Waals surface area contributed by atoms with Crippen LogP contribution in [0.2, 0.25) is 0 Å². The Morgan fingerprint density at radius 1 is 1.21 bits per heavy atom. The molecule has 0 spiro atoms. The van der Waals surface area contributed by atoms with Crippen LogP contribution in [0.15, 0.2) is 27.3 Å². The van der Waals surface area contributed by atoms with Crippen molar-refractivity contribution in [2.45, 2.75) is 32.2 Å². The van der Waals surface area contributed by atoms with E-state index in [0.717, 1.165) is 26.5 Å². The van der Waals surface area contributed by atoms with Gasteiger partial charge in [0.05, 0.1) is 23.2 Å². The van der Waals surface area contributed by atoms with Gasteiger partial charge in [0.1, 0.15) is 5.82 Å². The minimum absolute atomic E-state index is 0.0832. The van der Waals surface area contributed by atoms with E-state index >= 15 is 0 Å². The molecule has 1 aliphatic rings. The summed E-state index contributed by atoms with van der Waals surface area (Å²) in [7, 11) is 3.20. The Bertz CT molecular complexity index is 892. The summed E-state index contributed by atoms with van der Waals surface area (Å²) in [4.78, 5) is 18.7. The Morgan fingerprint density at radius 2 is 1.89 bits per heavy atom. The number of rotatable bonds is 6. The van der Waals surface area contributed by atoms with Crippen molar-refractivity contribution in [1.29, 1.82) is 0 Å². The van der Waals surface area contributed by atoms with E-state index in [4.69, 9.17) is 9.47 Å². The monoisotopic (exact) mass is 514 g/mol. The molecule has 0 aliphatic carbocycles. The van der Waals surface area contributed by atoms with Crippen molar-refractivity contribution in [1.82, 2.24) is 9.88 Å². The second kappa shape index (κ2) is 9.22. The highest BCUT2D eigenvalue weighted by Gasteiger charge is 2.29. The highest BCUT2D eigenvalue weighted by atomic mass is 79.9. The summed E-state index contributed by atoms with van der Waals surface area (Å²) >= 11 is 7.23. The molecule has 0 radical (unpaired) electrons. The first-order valence-electron chi connectivity index (χ1n) is 8.95. The van der Waals surface area contributed by atoms with Gasteiger partial charge in [0.15, 0.2) is 11.5 Å². The zero-order valence-electron chi connectivity index (χ0n) is 15.7. The number of ether oxygens (including phenoxy) is 2. The highest BCUT2D eigenvalue weighted by molar-refractivity contribution is 9.11. The number of carbonyl (C=O) groups is 1. The molecule has 0 saturated carbocycles. The Morgan fingerprint density at radius 3 is 2.54 bits per heavy atom. The van der Waals surface area contributed by atoms with Crippen molar-refractivity contribution in [3.63, 3.8) is 0 Å². The van der Waals surface area contributed by atoms with Crippen LogP contribution >= 0.6 is 31.9 Å². The number of aromatic nitrogens is 1. The number of nitrogens with zero attached hydrogens (tertiary/aromatic N) is 2. The summed E-state index contributed by atoms with van der Waals surface area (Å²) < 4.78 is 25.9. The summed E-state index contributed by atoms with van der Waals surface area (Å²) in [5.74, 6) is 1.04. The molecule has 1 aromatic carbocycles.